The Labute approximate surface area is 221 Å². The zero-order valence-electron chi connectivity index (χ0n) is 23.5. The van der Waals surface area contributed by atoms with Gasteiger partial charge in [0.2, 0.25) is 11.8 Å². The third-order valence-electron chi connectivity index (χ3n) is 5.55. The Balaban J connectivity index is 3.38. The highest BCUT2D eigenvalue weighted by Crippen LogP contribution is 2.26. The fraction of sp³-hybridized carbons (Fsp3) is 0.571. The molecular formula is C28H43N3O6. The van der Waals surface area contributed by atoms with Crippen LogP contribution in [-0.4, -0.2) is 60.1 Å². The van der Waals surface area contributed by atoms with Gasteiger partial charge >= 0.3 is 12.1 Å². The summed E-state index contributed by atoms with van der Waals surface area (Å²) in [5.41, 5.74) is 1.86. The van der Waals surface area contributed by atoms with Crippen LogP contribution in [0.1, 0.15) is 70.7 Å². The van der Waals surface area contributed by atoms with E-state index < -0.39 is 41.6 Å². The molecule has 0 radical (unpaired) electrons. The number of hydrogen-bond acceptors (Lipinski definition) is 6. The summed E-state index contributed by atoms with van der Waals surface area (Å²) in [5, 5.41) is 5.43. The van der Waals surface area contributed by atoms with Gasteiger partial charge < -0.3 is 25.0 Å². The molecule has 0 aromatic heterocycles. The van der Waals surface area contributed by atoms with Crippen LogP contribution in [0.25, 0.3) is 0 Å². The Morgan fingerprint density at radius 3 is 2.27 bits per heavy atom. The summed E-state index contributed by atoms with van der Waals surface area (Å²) in [6.45, 7) is 18.5. The van der Waals surface area contributed by atoms with Crippen LogP contribution in [0.3, 0.4) is 0 Å². The maximum Gasteiger partial charge on any atom is 0.408 e. The number of benzene rings is 1. The fourth-order valence-electron chi connectivity index (χ4n) is 3.61. The molecule has 1 aromatic rings. The van der Waals surface area contributed by atoms with E-state index in [9.17, 15) is 19.2 Å². The van der Waals surface area contributed by atoms with Gasteiger partial charge in [-0.05, 0) is 64.2 Å². The second kappa shape index (κ2) is 14.4. The molecule has 2 atom stereocenters. The van der Waals surface area contributed by atoms with E-state index >= 15 is 0 Å². The average Bonchev–Trinajstić information content (AvgIpc) is 2.77. The van der Waals surface area contributed by atoms with Gasteiger partial charge in [0.25, 0.3) is 0 Å². The van der Waals surface area contributed by atoms with Crippen molar-refractivity contribution in [3.63, 3.8) is 0 Å². The lowest BCUT2D eigenvalue weighted by Crippen LogP contribution is -2.55. The first kappa shape index (κ1) is 31.7. The van der Waals surface area contributed by atoms with Crippen molar-refractivity contribution in [2.24, 2.45) is 5.92 Å². The number of carbonyl (C=O) groups is 4. The molecule has 1 rings (SSSR count). The third-order valence-corrected chi connectivity index (χ3v) is 5.55. The van der Waals surface area contributed by atoms with Crippen LogP contribution in [-0.2, 0) is 23.9 Å². The van der Waals surface area contributed by atoms with Crippen LogP contribution < -0.4 is 10.6 Å². The Morgan fingerprint density at radius 2 is 1.76 bits per heavy atom. The lowest BCUT2D eigenvalue weighted by molar-refractivity contribution is -0.144. The second-order valence-corrected chi connectivity index (χ2v) is 10.2. The van der Waals surface area contributed by atoms with Gasteiger partial charge in [-0.2, -0.15) is 0 Å². The lowest BCUT2D eigenvalue weighted by Gasteiger charge is -2.35. The third kappa shape index (κ3) is 10.3. The van der Waals surface area contributed by atoms with Crippen molar-refractivity contribution >= 4 is 23.9 Å². The average molecular weight is 518 g/mol. The quantitative estimate of drug-likeness (QED) is 0.320. The maximum absolute atomic E-state index is 13.9. The molecule has 0 aliphatic rings. The number of aryl methyl sites for hydroxylation is 2. The Morgan fingerprint density at radius 1 is 1.11 bits per heavy atom. The predicted octanol–water partition coefficient (Wildman–Crippen LogP) is 3.98. The van der Waals surface area contributed by atoms with Gasteiger partial charge in [0.05, 0.1) is 13.0 Å². The first-order valence-corrected chi connectivity index (χ1v) is 12.6. The minimum absolute atomic E-state index is 0.00342. The molecule has 37 heavy (non-hydrogen) atoms. The highest BCUT2D eigenvalue weighted by atomic mass is 16.6. The summed E-state index contributed by atoms with van der Waals surface area (Å²) in [6, 6.07) is 3.58. The number of rotatable bonds is 12. The van der Waals surface area contributed by atoms with Crippen LogP contribution in [0.2, 0.25) is 0 Å². The summed E-state index contributed by atoms with van der Waals surface area (Å²) in [4.78, 5) is 53.0. The molecule has 3 amide bonds. The van der Waals surface area contributed by atoms with Crippen molar-refractivity contribution in [3.8, 4) is 0 Å². The van der Waals surface area contributed by atoms with Gasteiger partial charge in [-0.3, -0.25) is 14.4 Å². The Bertz CT molecular complexity index is 967. The minimum Gasteiger partial charge on any atom is -0.466 e. The number of esters is 1. The van der Waals surface area contributed by atoms with Crippen molar-refractivity contribution in [1.82, 2.24) is 15.5 Å². The monoisotopic (exact) mass is 517 g/mol. The van der Waals surface area contributed by atoms with Gasteiger partial charge in [0, 0.05) is 13.1 Å². The molecule has 0 aliphatic heterocycles. The Hall–Kier alpha value is -3.36. The molecule has 9 heteroatoms. The normalized spacial score (nSPS) is 12.8. The van der Waals surface area contributed by atoms with E-state index in [1.54, 1.807) is 47.6 Å². The lowest BCUT2D eigenvalue weighted by atomic mass is 9.96. The number of nitrogens with zero attached hydrogens (tertiary/aromatic N) is 1. The van der Waals surface area contributed by atoms with Crippen molar-refractivity contribution in [2.75, 3.05) is 19.7 Å². The molecule has 0 spiro atoms. The Kier molecular flexibility index (Phi) is 12.3. The molecule has 1 aromatic carbocycles. The molecule has 2 N–H and O–H groups in total. The summed E-state index contributed by atoms with van der Waals surface area (Å²) >= 11 is 0. The van der Waals surface area contributed by atoms with Crippen molar-refractivity contribution < 1.29 is 28.7 Å². The molecule has 0 saturated heterocycles. The highest BCUT2D eigenvalue weighted by molar-refractivity contribution is 5.92. The van der Waals surface area contributed by atoms with Crippen LogP contribution >= 0.6 is 0 Å². The van der Waals surface area contributed by atoms with Crippen molar-refractivity contribution in [3.05, 3.63) is 47.5 Å². The van der Waals surface area contributed by atoms with Crippen LogP contribution in [0.5, 0.6) is 0 Å². The summed E-state index contributed by atoms with van der Waals surface area (Å²) in [6.07, 6.45) is 0.811. The standard InChI is InChI=1S/C28H43N3O6/c1-10-16-31(26(34)23(18(3)4)30-27(35)37-28(7,8)9)24(21-13-12-19(5)20(6)17-21)25(33)29-15-14-22(32)36-11-2/h10,12-13,17-18,23-24H,1,11,14-16H2,2-9H3,(H,29,33)(H,30,35). The van der Waals surface area contributed by atoms with Gasteiger partial charge in [-0.25, -0.2) is 4.79 Å². The number of alkyl carbamates (subject to hydrolysis) is 1. The van der Waals surface area contributed by atoms with Gasteiger partial charge in [0.1, 0.15) is 17.7 Å². The number of amides is 3. The zero-order valence-corrected chi connectivity index (χ0v) is 23.5. The summed E-state index contributed by atoms with van der Waals surface area (Å²) in [5.74, 6) is -1.63. The molecule has 9 nitrogen and oxygen atoms in total. The second-order valence-electron chi connectivity index (χ2n) is 10.2. The molecule has 206 valence electrons. The van der Waals surface area contributed by atoms with E-state index in [1.807, 2.05) is 26.0 Å². The van der Waals surface area contributed by atoms with E-state index in [0.717, 1.165) is 11.1 Å². The topological polar surface area (TPSA) is 114 Å². The van der Waals surface area contributed by atoms with Gasteiger partial charge in [-0.15, -0.1) is 6.58 Å². The summed E-state index contributed by atoms with van der Waals surface area (Å²) < 4.78 is 10.3. The van der Waals surface area contributed by atoms with E-state index in [2.05, 4.69) is 17.2 Å². The van der Waals surface area contributed by atoms with Crippen LogP contribution in [0.4, 0.5) is 4.79 Å². The SMILES string of the molecule is C=CCN(C(=O)C(NC(=O)OC(C)(C)C)C(C)C)C(C(=O)NCCC(=O)OCC)c1ccc(C)c(C)c1. The van der Waals surface area contributed by atoms with E-state index in [0.29, 0.717) is 5.56 Å². The first-order valence-electron chi connectivity index (χ1n) is 12.6. The maximum atomic E-state index is 13.9. The van der Waals surface area contributed by atoms with Crippen LogP contribution in [0, 0.1) is 19.8 Å². The molecule has 0 saturated carbocycles. The molecule has 0 bridgehead atoms. The minimum atomic E-state index is -1.02. The number of nitrogens with one attached hydrogen (secondary N) is 2. The van der Waals surface area contributed by atoms with Crippen LogP contribution in [0.15, 0.2) is 30.9 Å². The summed E-state index contributed by atoms with van der Waals surface area (Å²) in [7, 11) is 0. The molecular weight excluding hydrogens is 474 g/mol. The zero-order chi connectivity index (χ0) is 28.3. The molecule has 0 heterocycles. The molecule has 0 fully saturated rings. The number of carbonyl (C=O) groups excluding carboxylic acids is 4. The fourth-order valence-corrected chi connectivity index (χ4v) is 3.61. The van der Waals surface area contributed by atoms with E-state index in [1.165, 1.54) is 11.0 Å². The molecule has 2 unspecified atom stereocenters. The molecule has 0 aliphatic carbocycles. The van der Waals surface area contributed by atoms with Gasteiger partial charge in [-0.1, -0.05) is 38.1 Å². The predicted molar refractivity (Wildman–Crippen MR) is 143 cm³/mol. The number of ether oxygens (including phenoxy) is 2. The highest BCUT2D eigenvalue weighted by Gasteiger charge is 2.37. The first-order chi connectivity index (χ1) is 17.2. The van der Waals surface area contributed by atoms with E-state index in [-0.39, 0.29) is 32.0 Å². The van der Waals surface area contributed by atoms with Crippen molar-refractivity contribution in [2.45, 2.75) is 79.5 Å². The van der Waals surface area contributed by atoms with E-state index in [4.69, 9.17) is 9.47 Å². The van der Waals surface area contributed by atoms with Crippen molar-refractivity contribution in [1.29, 1.82) is 0 Å². The number of hydrogen-bond donors (Lipinski definition) is 2. The largest absolute Gasteiger partial charge is 0.466 e. The smallest absolute Gasteiger partial charge is 0.408 e. The van der Waals surface area contributed by atoms with Gasteiger partial charge in [0.15, 0.2) is 0 Å².